The van der Waals surface area contributed by atoms with Crippen LogP contribution in [0, 0.1) is 0 Å². The largest absolute Gasteiger partial charge is 0.493 e. The van der Waals surface area contributed by atoms with Gasteiger partial charge < -0.3 is 19.5 Å². The molecule has 0 aromatic heterocycles. The fourth-order valence-electron chi connectivity index (χ4n) is 3.60. The Labute approximate surface area is 188 Å². The van der Waals surface area contributed by atoms with Gasteiger partial charge in [0.2, 0.25) is 10.0 Å². The van der Waals surface area contributed by atoms with E-state index in [9.17, 15) is 13.2 Å². The zero-order valence-corrected chi connectivity index (χ0v) is 19.3. The number of benzene rings is 2. The van der Waals surface area contributed by atoms with E-state index in [0.29, 0.717) is 36.8 Å². The first kappa shape index (κ1) is 24.0. The average molecular weight is 464 g/mol. The van der Waals surface area contributed by atoms with E-state index in [1.165, 1.54) is 31.3 Å². The molecule has 1 atom stereocenters. The topological polar surface area (TPSA) is 106 Å². The summed E-state index contributed by atoms with van der Waals surface area (Å²) in [6.07, 6.45) is 0. The predicted molar refractivity (Wildman–Crippen MR) is 120 cm³/mol. The van der Waals surface area contributed by atoms with E-state index in [-0.39, 0.29) is 16.8 Å². The Morgan fingerprint density at radius 3 is 2.31 bits per heavy atom. The highest BCUT2D eigenvalue weighted by atomic mass is 32.2. The van der Waals surface area contributed by atoms with Crippen LogP contribution in [0.4, 0.5) is 0 Å². The number of morpholine rings is 1. The fraction of sp³-hybridized carbons (Fsp3) is 0.409. The van der Waals surface area contributed by atoms with Crippen LogP contribution >= 0.6 is 0 Å². The summed E-state index contributed by atoms with van der Waals surface area (Å²) in [6.45, 7) is 3.10. The van der Waals surface area contributed by atoms with Gasteiger partial charge in [-0.2, -0.15) is 0 Å². The van der Waals surface area contributed by atoms with E-state index in [4.69, 9.17) is 14.2 Å². The van der Waals surface area contributed by atoms with Gasteiger partial charge in [-0.05, 0) is 49.0 Å². The van der Waals surface area contributed by atoms with Crippen LogP contribution in [0.1, 0.15) is 22.0 Å². The van der Waals surface area contributed by atoms with Crippen molar-refractivity contribution >= 4 is 15.9 Å². The maximum Gasteiger partial charge on any atom is 0.251 e. The summed E-state index contributed by atoms with van der Waals surface area (Å²) in [7, 11) is 0.967. The molecule has 1 amide bonds. The fourth-order valence-corrected chi connectivity index (χ4v) is 4.33. The molecule has 1 fully saturated rings. The maximum atomic E-state index is 12.8. The highest BCUT2D eigenvalue weighted by Gasteiger charge is 2.24. The van der Waals surface area contributed by atoms with Crippen molar-refractivity contribution in [1.29, 1.82) is 0 Å². The number of amides is 1. The van der Waals surface area contributed by atoms with Crippen LogP contribution < -0.4 is 19.5 Å². The summed E-state index contributed by atoms with van der Waals surface area (Å²) in [5.74, 6) is 0.977. The van der Waals surface area contributed by atoms with E-state index in [1.807, 2.05) is 18.2 Å². The monoisotopic (exact) mass is 463 g/mol. The van der Waals surface area contributed by atoms with Crippen molar-refractivity contribution in [3.63, 3.8) is 0 Å². The Bertz CT molecular complexity index is 1020. The third-order valence-corrected chi connectivity index (χ3v) is 6.86. The molecule has 3 rings (SSSR count). The molecule has 1 aliphatic heterocycles. The van der Waals surface area contributed by atoms with E-state index < -0.39 is 10.0 Å². The van der Waals surface area contributed by atoms with Gasteiger partial charge in [0, 0.05) is 25.2 Å². The molecule has 1 aliphatic rings. The first-order valence-corrected chi connectivity index (χ1v) is 11.7. The molecule has 0 saturated carbocycles. The van der Waals surface area contributed by atoms with Crippen LogP contribution in [0.5, 0.6) is 11.5 Å². The lowest BCUT2D eigenvalue weighted by atomic mass is 10.0. The van der Waals surface area contributed by atoms with Gasteiger partial charge in [0.15, 0.2) is 11.5 Å². The van der Waals surface area contributed by atoms with Crippen LogP contribution in [0.25, 0.3) is 0 Å². The molecule has 174 valence electrons. The molecule has 0 spiro atoms. The number of ether oxygens (including phenoxy) is 3. The molecule has 1 saturated heterocycles. The van der Waals surface area contributed by atoms with Gasteiger partial charge in [0.25, 0.3) is 5.91 Å². The Morgan fingerprint density at radius 1 is 1.06 bits per heavy atom. The molecular weight excluding hydrogens is 434 g/mol. The number of carbonyl (C=O) groups is 1. The second-order valence-corrected chi connectivity index (χ2v) is 9.11. The van der Waals surface area contributed by atoms with Crippen LogP contribution in [0.15, 0.2) is 47.4 Å². The van der Waals surface area contributed by atoms with Crippen molar-refractivity contribution in [1.82, 2.24) is 14.9 Å². The molecule has 1 heterocycles. The molecule has 2 aromatic carbocycles. The Balaban J connectivity index is 1.77. The van der Waals surface area contributed by atoms with Crippen molar-refractivity contribution in [2.75, 3.05) is 54.1 Å². The van der Waals surface area contributed by atoms with Gasteiger partial charge >= 0.3 is 0 Å². The van der Waals surface area contributed by atoms with Crippen molar-refractivity contribution in [3.05, 3.63) is 53.6 Å². The van der Waals surface area contributed by atoms with Gasteiger partial charge in [-0.1, -0.05) is 6.07 Å². The summed E-state index contributed by atoms with van der Waals surface area (Å²) in [5, 5.41) is 2.97. The standard InChI is InChI=1S/C22H29N3O6S/c1-23-32(27,28)18-7-4-16(5-8-18)22(26)24-15-19(25-10-12-31-13-11-25)17-6-9-20(29-2)21(14-17)30-3/h4-9,14,19,23H,10-13,15H2,1-3H3,(H,24,26). The second-order valence-electron chi connectivity index (χ2n) is 7.22. The molecule has 10 heteroatoms. The normalized spacial score (nSPS) is 15.7. The van der Waals surface area contributed by atoms with E-state index >= 15 is 0 Å². The minimum atomic E-state index is -3.55. The number of carbonyl (C=O) groups excluding carboxylic acids is 1. The number of nitrogens with zero attached hydrogens (tertiary/aromatic N) is 1. The van der Waals surface area contributed by atoms with Gasteiger partial charge in [0.05, 0.1) is 38.4 Å². The second kappa shape index (κ2) is 10.8. The number of rotatable bonds is 9. The van der Waals surface area contributed by atoms with Crippen LogP contribution in [0.3, 0.4) is 0 Å². The minimum absolute atomic E-state index is 0.0911. The van der Waals surface area contributed by atoms with Crippen molar-refractivity contribution in [3.8, 4) is 11.5 Å². The Morgan fingerprint density at radius 2 is 1.72 bits per heavy atom. The summed E-state index contributed by atoms with van der Waals surface area (Å²) in [6, 6.07) is 11.5. The van der Waals surface area contributed by atoms with Crippen LogP contribution in [0.2, 0.25) is 0 Å². The molecule has 0 radical (unpaired) electrons. The Hall–Kier alpha value is -2.66. The van der Waals surface area contributed by atoms with Gasteiger partial charge in [-0.15, -0.1) is 0 Å². The molecule has 9 nitrogen and oxygen atoms in total. The van der Waals surface area contributed by atoms with Crippen molar-refractivity contribution in [2.24, 2.45) is 0 Å². The zero-order chi connectivity index (χ0) is 23.1. The first-order valence-electron chi connectivity index (χ1n) is 10.2. The molecule has 32 heavy (non-hydrogen) atoms. The highest BCUT2D eigenvalue weighted by molar-refractivity contribution is 7.89. The van der Waals surface area contributed by atoms with Gasteiger partial charge in [0.1, 0.15) is 0 Å². The smallest absolute Gasteiger partial charge is 0.251 e. The van der Waals surface area contributed by atoms with Crippen LogP contribution in [-0.2, 0) is 14.8 Å². The molecule has 2 aromatic rings. The highest BCUT2D eigenvalue weighted by Crippen LogP contribution is 2.32. The lowest BCUT2D eigenvalue weighted by Crippen LogP contribution is -2.43. The number of methoxy groups -OCH3 is 2. The quantitative estimate of drug-likeness (QED) is 0.579. The van der Waals surface area contributed by atoms with E-state index in [2.05, 4.69) is 14.9 Å². The predicted octanol–water partition coefficient (Wildman–Crippen LogP) is 1.42. The molecule has 1 unspecified atom stereocenters. The summed E-state index contributed by atoms with van der Waals surface area (Å²) in [4.78, 5) is 15.1. The van der Waals surface area contributed by atoms with E-state index in [1.54, 1.807) is 14.2 Å². The lowest BCUT2D eigenvalue weighted by Gasteiger charge is -2.35. The number of sulfonamides is 1. The minimum Gasteiger partial charge on any atom is -0.493 e. The average Bonchev–Trinajstić information content (AvgIpc) is 2.84. The number of hydrogen-bond donors (Lipinski definition) is 2. The molecule has 0 aliphatic carbocycles. The lowest BCUT2D eigenvalue weighted by molar-refractivity contribution is 0.0162. The third-order valence-electron chi connectivity index (χ3n) is 5.43. The molecule has 2 N–H and O–H groups in total. The van der Waals surface area contributed by atoms with E-state index in [0.717, 1.165) is 18.7 Å². The van der Waals surface area contributed by atoms with Gasteiger partial charge in [-0.3, -0.25) is 9.69 Å². The maximum absolute atomic E-state index is 12.8. The number of nitrogens with one attached hydrogen (secondary N) is 2. The number of hydrogen-bond acceptors (Lipinski definition) is 7. The Kier molecular flexibility index (Phi) is 8.08. The first-order chi connectivity index (χ1) is 15.4. The summed E-state index contributed by atoms with van der Waals surface area (Å²) >= 11 is 0. The SMILES string of the molecule is CNS(=O)(=O)c1ccc(C(=O)NCC(c2ccc(OC)c(OC)c2)N2CCOCC2)cc1. The third kappa shape index (κ3) is 5.57. The summed E-state index contributed by atoms with van der Waals surface area (Å²) < 4.78 is 42.3. The van der Waals surface area contributed by atoms with Crippen molar-refractivity contribution < 1.29 is 27.4 Å². The zero-order valence-electron chi connectivity index (χ0n) is 18.5. The van der Waals surface area contributed by atoms with Crippen molar-refractivity contribution in [2.45, 2.75) is 10.9 Å². The summed E-state index contributed by atoms with van der Waals surface area (Å²) in [5.41, 5.74) is 1.37. The molecule has 0 bridgehead atoms. The van der Waals surface area contributed by atoms with Gasteiger partial charge in [-0.25, -0.2) is 13.1 Å². The van der Waals surface area contributed by atoms with Crippen LogP contribution in [-0.4, -0.2) is 73.3 Å². The molecular formula is C22H29N3O6S.